The Morgan fingerprint density at radius 2 is 1.90 bits per heavy atom. The quantitative estimate of drug-likeness (QED) is 0.442. The van der Waals surface area contributed by atoms with Crippen LogP contribution in [0, 0.1) is 0 Å². The standard InChI is InChI=1S/C22H18N4O4S/c1-29-19-9-7-16(8-10-19)24-22-25-17(14-31-22)13-30-21(28)15-11-20(27)26(23-12-15)18-5-3-2-4-6-18/h2-12,14H,13H2,1H3,(H,24,25). The van der Waals surface area contributed by atoms with Crippen molar-refractivity contribution in [2.75, 3.05) is 12.4 Å². The molecule has 0 spiro atoms. The van der Waals surface area contributed by atoms with Gasteiger partial charge in [-0.05, 0) is 36.4 Å². The first-order valence-corrected chi connectivity index (χ1v) is 10.2. The molecule has 0 saturated carbocycles. The van der Waals surface area contributed by atoms with Gasteiger partial charge in [-0.1, -0.05) is 18.2 Å². The number of hydrogen-bond donors (Lipinski definition) is 1. The summed E-state index contributed by atoms with van der Waals surface area (Å²) in [5, 5.41) is 9.71. The van der Waals surface area contributed by atoms with Gasteiger partial charge in [0.15, 0.2) is 5.13 Å². The van der Waals surface area contributed by atoms with E-state index in [0.717, 1.165) is 11.4 Å². The van der Waals surface area contributed by atoms with Gasteiger partial charge in [0.1, 0.15) is 12.4 Å². The van der Waals surface area contributed by atoms with Gasteiger partial charge >= 0.3 is 5.97 Å². The highest BCUT2D eigenvalue weighted by atomic mass is 32.1. The third kappa shape index (κ3) is 4.96. The van der Waals surface area contributed by atoms with E-state index in [9.17, 15) is 9.59 Å². The van der Waals surface area contributed by atoms with Crippen LogP contribution in [0.5, 0.6) is 5.75 Å². The summed E-state index contributed by atoms with van der Waals surface area (Å²) in [7, 11) is 1.61. The molecule has 8 nitrogen and oxygen atoms in total. The predicted molar refractivity (Wildman–Crippen MR) is 117 cm³/mol. The number of methoxy groups -OCH3 is 1. The fraction of sp³-hybridized carbons (Fsp3) is 0.0909. The minimum atomic E-state index is -0.637. The zero-order valence-electron chi connectivity index (χ0n) is 16.5. The second-order valence-corrected chi connectivity index (χ2v) is 7.26. The molecule has 4 aromatic rings. The van der Waals surface area contributed by atoms with E-state index in [1.165, 1.54) is 28.3 Å². The van der Waals surface area contributed by atoms with Gasteiger partial charge in [0, 0.05) is 17.1 Å². The van der Waals surface area contributed by atoms with Crippen molar-refractivity contribution in [3.63, 3.8) is 0 Å². The highest BCUT2D eigenvalue weighted by Crippen LogP contribution is 2.23. The van der Waals surface area contributed by atoms with Gasteiger partial charge in [-0.25, -0.2) is 9.78 Å². The van der Waals surface area contributed by atoms with Crippen molar-refractivity contribution in [2.24, 2.45) is 0 Å². The number of ether oxygens (including phenoxy) is 2. The third-order valence-electron chi connectivity index (χ3n) is 4.28. The first-order chi connectivity index (χ1) is 15.1. The lowest BCUT2D eigenvalue weighted by Gasteiger charge is -2.06. The Bertz CT molecular complexity index is 1240. The number of nitrogens with zero attached hydrogens (tertiary/aromatic N) is 3. The summed E-state index contributed by atoms with van der Waals surface area (Å²) in [5.41, 5.74) is 1.75. The lowest BCUT2D eigenvalue weighted by molar-refractivity contribution is 0.0467. The number of carbonyl (C=O) groups is 1. The van der Waals surface area contributed by atoms with Crippen molar-refractivity contribution in [1.29, 1.82) is 0 Å². The molecule has 0 saturated heterocycles. The second-order valence-electron chi connectivity index (χ2n) is 6.40. The first-order valence-electron chi connectivity index (χ1n) is 9.30. The topological polar surface area (TPSA) is 95.3 Å². The Kier molecular flexibility index (Phi) is 6.04. The molecule has 0 fully saturated rings. The Labute approximate surface area is 181 Å². The molecule has 2 aromatic heterocycles. The molecule has 31 heavy (non-hydrogen) atoms. The summed E-state index contributed by atoms with van der Waals surface area (Å²) in [6.07, 6.45) is 1.31. The number of thiazole rings is 1. The van der Waals surface area contributed by atoms with Gasteiger partial charge in [0.05, 0.1) is 30.3 Å². The Balaban J connectivity index is 1.36. The number of nitrogens with one attached hydrogen (secondary N) is 1. The molecule has 2 aromatic carbocycles. The lowest BCUT2D eigenvalue weighted by atomic mass is 10.3. The number of para-hydroxylation sites is 1. The molecule has 0 aliphatic heterocycles. The van der Waals surface area contributed by atoms with E-state index in [2.05, 4.69) is 15.4 Å². The minimum absolute atomic E-state index is 0.0125. The number of hydrogen-bond acceptors (Lipinski definition) is 8. The lowest BCUT2D eigenvalue weighted by Crippen LogP contribution is -2.22. The maximum absolute atomic E-state index is 12.3. The summed E-state index contributed by atoms with van der Waals surface area (Å²) in [5.74, 6) is 0.130. The van der Waals surface area contributed by atoms with E-state index in [-0.39, 0.29) is 12.2 Å². The van der Waals surface area contributed by atoms with Crippen LogP contribution in [0.15, 0.2) is 77.0 Å². The number of carbonyl (C=O) groups excluding carboxylic acids is 1. The Morgan fingerprint density at radius 1 is 1.13 bits per heavy atom. The molecular weight excluding hydrogens is 416 g/mol. The summed E-state index contributed by atoms with van der Waals surface area (Å²) >= 11 is 1.39. The van der Waals surface area contributed by atoms with Gasteiger partial charge in [0.2, 0.25) is 0 Å². The van der Waals surface area contributed by atoms with Crippen LogP contribution < -0.4 is 15.6 Å². The first kappa shape index (κ1) is 20.3. The zero-order valence-corrected chi connectivity index (χ0v) is 17.3. The fourth-order valence-electron chi connectivity index (χ4n) is 2.73. The Hall–Kier alpha value is -3.98. The predicted octanol–water partition coefficient (Wildman–Crippen LogP) is 3.80. The van der Waals surface area contributed by atoms with Crippen molar-refractivity contribution < 1.29 is 14.3 Å². The van der Waals surface area contributed by atoms with Crippen molar-refractivity contribution in [3.05, 3.63) is 93.9 Å². The van der Waals surface area contributed by atoms with Crippen LogP contribution >= 0.6 is 11.3 Å². The van der Waals surface area contributed by atoms with Crippen LogP contribution in [0.4, 0.5) is 10.8 Å². The van der Waals surface area contributed by atoms with Gasteiger partial charge in [-0.3, -0.25) is 4.79 Å². The molecule has 4 rings (SSSR count). The number of aromatic nitrogens is 3. The number of esters is 1. The number of rotatable bonds is 7. The molecule has 0 bridgehead atoms. The van der Waals surface area contributed by atoms with Crippen molar-refractivity contribution >= 4 is 28.1 Å². The van der Waals surface area contributed by atoms with E-state index in [1.807, 2.05) is 30.3 Å². The van der Waals surface area contributed by atoms with Gasteiger partial charge in [-0.2, -0.15) is 9.78 Å². The van der Waals surface area contributed by atoms with Gasteiger partial charge in [0.25, 0.3) is 5.56 Å². The summed E-state index contributed by atoms with van der Waals surface area (Å²) in [4.78, 5) is 29.0. The zero-order chi connectivity index (χ0) is 21.6. The van der Waals surface area contributed by atoms with Crippen molar-refractivity contribution in [2.45, 2.75) is 6.61 Å². The van der Waals surface area contributed by atoms with E-state index < -0.39 is 11.5 Å². The summed E-state index contributed by atoms with van der Waals surface area (Å²) in [6, 6.07) is 17.6. The van der Waals surface area contributed by atoms with E-state index in [1.54, 1.807) is 36.8 Å². The molecule has 0 atom stereocenters. The molecule has 156 valence electrons. The maximum Gasteiger partial charge on any atom is 0.340 e. The molecule has 9 heteroatoms. The highest BCUT2D eigenvalue weighted by Gasteiger charge is 2.12. The third-order valence-corrected chi connectivity index (χ3v) is 5.09. The normalized spacial score (nSPS) is 10.5. The molecule has 1 N–H and O–H groups in total. The summed E-state index contributed by atoms with van der Waals surface area (Å²) in [6.45, 7) is -0.0125. The van der Waals surface area contributed by atoms with Crippen molar-refractivity contribution in [3.8, 4) is 11.4 Å². The van der Waals surface area contributed by atoms with Gasteiger partial charge < -0.3 is 14.8 Å². The van der Waals surface area contributed by atoms with Crippen LogP contribution in [0.2, 0.25) is 0 Å². The fourth-order valence-corrected chi connectivity index (χ4v) is 3.45. The second kappa shape index (κ2) is 9.23. The van der Waals surface area contributed by atoms with Crippen LogP contribution in [0.1, 0.15) is 16.1 Å². The number of benzene rings is 2. The molecule has 0 amide bonds. The summed E-state index contributed by atoms with van der Waals surface area (Å²) < 4.78 is 11.6. The largest absolute Gasteiger partial charge is 0.497 e. The average Bonchev–Trinajstić information content (AvgIpc) is 3.25. The van der Waals surface area contributed by atoms with E-state index in [4.69, 9.17) is 9.47 Å². The average molecular weight is 434 g/mol. The number of anilines is 2. The molecule has 0 aliphatic rings. The highest BCUT2D eigenvalue weighted by molar-refractivity contribution is 7.13. The van der Waals surface area contributed by atoms with E-state index in [0.29, 0.717) is 16.5 Å². The van der Waals surface area contributed by atoms with Crippen LogP contribution in [0.25, 0.3) is 5.69 Å². The minimum Gasteiger partial charge on any atom is -0.497 e. The SMILES string of the molecule is COc1ccc(Nc2nc(COC(=O)c3cnn(-c4ccccc4)c(=O)c3)cs2)cc1. The monoisotopic (exact) mass is 434 g/mol. The molecular formula is C22H18N4O4S. The maximum atomic E-state index is 12.3. The van der Waals surface area contributed by atoms with Crippen LogP contribution in [-0.4, -0.2) is 27.8 Å². The van der Waals surface area contributed by atoms with Crippen LogP contribution in [-0.2, 0) is 11.3 Å². The molecule has 0 aliphatic carbocycles. The Morgan fingerprint density at radius 3 is 2.61 bits per heavy atom. The van der Waals surface area contributed by atoms with Gasteiger partial charge in [-0.15, -0.1) is 11.3 Å². The molecule has 0 unspecified atom stereocenters. The smallest absolute Gasteiger partial charge is 0.340 e. The van der Waals surface area contributed by atoms with E-state index >= 15 is 0 Å². The van der Waals surface area contributed by atoms with Crippen molar-refractivity contribution in [1.82, 2.24) is 14.8 Å². The van der Waals surface area contributed by atoms with Crippen LogP contribution in [0.3, 0.4) is 0 Å². The molecule has 0 radical (unpaired) electrons. The molecule has 2 heterocycles.